The van der Waals surface area contributed by atoms with Gasteiger partial charge in [-0.15, -0.1) is 0 Å². The number of amides is 2. The van der Waals surface area contributed by atoms with Crippen LogP contribution < -0.4 is 10.6 Å². The van der Waals surface area contributed by atoms with Crippen molar-refractivity contribution in [2.45, 2.75) is 32.1 Å². The smallest absolute Gasteiger partial charge is 0.307 e. The molecule has 0 aliphatic heterocycles. The standard InChI is InChI=1S/C15H24N2O6/c1-22-12(18)6-8-16-14(20)10-4-3-5-11(10)15(21)17-9-7-13(19)23-2/h10-11H,3-9H2,1-2H3,(H,16,20)(H,17,21)/t10-,11+. The van der Waals surface area contributed by atoms with Crippen LogP contribution in [0.2, 0.25) is 0 Å². The second-order valence-electron chi connectivity index (χ2n) is 5.38. The number of hydrogen-bond acceptors (Lipinski definition) is 6. The highest BCUT2D eigenvalue weighted by molar-refractivity contribution is 5.88. The molecule has 1 fully saturated rings. The minimum Gasteiger partial charge on any atom is -0.469 e. The lowest BCUT2D eigenvalue weighted by Gasteiger charge is -2.18. The highest BCUT2D eigenvalue weighted by Crippen LogP contribution is 2.32. The number of methoxy groups -OCH3 is 2. The fraction of sp³-hybridized carbons (Fsp3) is 0.733. The Morgan fingerprint density at radius 1 is 0.826 bits per heavy atom. The fourth-order valence-electron chi connectivity index (χ4n) is 2.63. The molecule has 23 heavy (non-hydrogen) atoms. The number of rotatable bonds is 8. The van der Waals surface area contributed by atoms with Gasteiger partial charge >= 0.3 is 11.9 Å². The normalized spacial score (nSPS) is 19.7. The van der Waals surface area contributed by atoms with Gasteiger partial charge in [-0.1, -0.05) is 6.42 Å². The molecule has 0 radical (unpaired) electrons. The average Bonchev–Trinajstić information content (AvgIpc) is 3.03. The first-order valence-electron chi connectivity index (χ1n) is 7.68. The molecule has 1 aliphatic rings. The maximum Gasteiger partial charge on any atom is 0.307 e. The van der Waals surface area contributed by atoms with Crippen LogP contribution in [0.4, 0.5) is 0 Å². The van der Waals surface area contributed by atoms with Crippen LogP contribution in [0.1, 0.15) is 32.1 Å². The number of carbonyl (C=O) groups is 4. The molecule has 0 aromatic heterocycles. The van der Waals surface area contributed by atoms with Gasteiger partial charge in [0.1, 0.15) is 0 Å². The van der Waals surface area contributed by atoms with Crippen molar-refractivity contribution in [2.75, 3.05) is 27.3 Å². The van der Waals surface area contributed by atoms with Gasteiger partial charge in [-0.05, 0) is 12.8 Å². The Kier molecular flexibility index (Phi) is 8.07. The Bertz CT molecular complexity index is 411. The minimum atomic E-state index is -0.397. The van der Waals surface area contributed by atoms with Crippen LogP contribution in [0.5, 0.6) is 0 Å². The number of hydrogen-bond donors (Lipinski definition) is 2. The van der Waals surface area contributed by atoms with Crippen molar-refractivity contribution in [1.29, 1.82) is 0 Å². The second-order valence-corrected chi connectivity index (χ2v) is 5.38. The maximum atomic E-state index is 12.1. The summed E-state index contributed by atoms with van der Waals surface area (Å²) in [4.78, 5) is 46.3. The van der Waals surface area contributed by atoms with E-state index in [1.807, 2.05) is 0 Å². The topological polar surface area (TPSA) is 111 Å². The molecule has 1 rings (SSSR count). The van der Waals surface area contributed by atoms with Crippen molar-refractivity contribution in [3.63, 3.8) is 0 Å². The van der Waals surface area contributed by atoms with E-state index in [4.69, 9.17) is 0 Å². The summed E-state index contributed by atoms with van der Waals surface area (Å²) in [5, 5.41) is 5.33. The van der Waals surface area contributed by atoms with Crippen molar-refractivity contribution in [1.82, 2.24) is 10.6 Å². The first-order chi connectivity index (χ1) is 11.0. The molecule has 0 saturated heterocycles. The Balaban J connectivity index is 2.39. The molecule has 0 aromatic rings. The zero-order chi connectivity index (χ0) is 17.2. The van der Waals surface area contributed by atoms with Crippen LogP contribution in [-0.2, 0) is 28.7 Å². The van der Waals surface area contributed by atoms with Gasteiger partial charge in [-0.3, -0.25) is 19.2 Å². The minimum absolute atomic E-state index is 0.102. The molecule has 0 unspecified atom stereocenters. The monoisotopic (exact) mass is 328 g/mol. The Labute approximate surface area is 135 Å². The highest BCUT2D eigenvalue weighted by atomic mass is 16.5. The maximum absolute atomic E-state index is 12.1. The number of nitrogens with one attached hydrogen (secondary N) is 2. The quantitative estimate of drug-likeness (QED) is 0.595. The van der Waals surface area contributed by atoms with E-state index in [9.17, 15) is 19.2 Å². The van der Waals surface area contributed by atoms with Gasteiger partial charge in [-0.25, -0.2) is 0 Å². The Morgan fingerprint density at radius 2 is 1.22 bits per heavy atom. The molecule has 2 atom stereocenters. The molecular formula is C15H24N2O6. The summed E-state index contributed by atoms with van der Waals surface area (Å²) in [5.74, 6) is -2.03. The Morgan fingerprint density at radius 3 is 1.57 bits per heavy atom. The van der Waals surface area contributed by atoms with Gasteiger partial charge < -0.3 is 20.1 Å². The molecular weight excluding hydrogens is 304 g/mol. The van der Waals surface area contributed by atoms with Gasteiger partial charge in [0, 0.05) is 24.9 Å². The van der Waals surface area contributed by atoms with E-state index in [-0.39, 0.29) is 37.7 Å². The molecule has 0 spiro atoms. The highest BCUT2D eigenvalue weighted by Gasteiger charge is 2.37. The third kappa shape index (κ3) is 6.25. The Hall–Kier alpha value is -2.12. The summed E-state index contributed by atoms with van der Waals surface area (Å²) in [6, 6.07) is 0. The van der Waals surface area contributed by atoms with Crippen LogP contribution in [0.3, 0.4) is 0 Å². The van der Waals surface area contributed by atoms with E-state index in [2.05, 4.69) is 20.1 Å². The van der Waals surface area contributed by atoms with E-state index < -0.39 is 23.8 Å². The molecule has 130 valence electrons. The van der Waals surface area contributed by atoms with Crippen molar-refractivity contribution in [2.24, 2.45) is 11.8 Å². The van der Waals surface area contributed by atoms with E-state index in [0.717, 1.165) is 6.42 Å². The number of ether oxygens (including phenoxy) is 2. The lowest BCUT2D eigenvalue weighted by Crippen LogP contribution is -2.40. The molecule has 1 aliphatic carbocycles. The van der Waals surface area contributed by atoms with Crippen LogP contribution in [0.15, 0.2) is 0 Å². The zero-order valence-electron chi connectivity index (χ0n) is 13.6. The van der Waals surface area contributed by atoms with Gasteiger partial charge in [0.25, 0.3) is 0 Å². The molecule has 8 nitrogen and oxygen atoms in total. The van der Waals surface area contributed by atoms with Gasteiger partial charge in [0.15, 0.2) is 0 Å². The lowest BCUT2D eigenvalue weighted by atomic mass is 9.94. The zero-order valence-corrected chi connectivity index (χ0v) is 13.6. The summed E-state index contributed by atoms with van der Waals surface area (Å²) in [5.41, 5.74) is 0. The van der Waals surface area contributed by atoms with Crippen LogP contribution in [0.25, 0.3) is 0 Å². The molecule has 8 heteroatoms. The molecule has 0 heterocycles. The van der Waals surface area contributed by atoms with Gasteiger partial charge in [0.05, 0.1) is 27.1 Å². The predicted octanol–water partition coefficient (Wildman–Crippen LogP) is -0.239. The van der Waals surface area contributed by atoms with Crippen molar-refractivity contribution < 1.29 is 28.7 Å². The second kappa shape index (κ2) is 9.81. The van der Waals surface area contributed by atoms with E-state index in [1.54, 1.807) is 0 Å². The molecule has 0 bridgehead atoms. The summed E-state index contributed by atoms with van der Waals surface area (Å²) >= 11 is 0. The third-order valence-corrected chi connectivity index (χ3v) is 3.90. The first-order valence-corrected chi connectivity index (χ1v) is 7.68. The van der Waals surface area contributed by atoms with Crippen LogP contribution in [-0.4, -0.2) is 51.1 Å². The van der Waals surface area contributed by atoms with E-state index >= 15 is 0 Å². The summed E-state index contributed by atoms with van der Waals surface area (Å²) in [7, 11) is 2.58. The number of carbonyl (C=O) groups excluding carboxylic acids is 4. The summed E-state index contributed by atoms with van der Waals surface area (Å²) < 4.78 is 9.00. The fourth-order valence-corrected chi connectivity index (χ4v) is 2.63. The summed E-state index contributed by atoms with van der Waals surface area (Å²) in [6.07, 6.45) is 2.28. The lowest BCUT2D eigenvalue weighted by molar-refractivity contribution is -0.142. The predicted molar refractivity (Wildman–Crippen MR) is 80.1 cm³/mol. The third-order valence-electron chi connectivity index (χ3n) is 3.90. The SMILES string of the molecule is COC(=O)CCNC(=O)[C@H]1CCC[C@H]1C(=O)NCCC(=O)OC. The molecule has 2 N–H and O–H groups in total. The van der Waals surface area contributed by atoms with E-state index in [0.29, 0.717) is 12.8 Å². The van der Waals surface area contributed by atoms with Crippen LogP contribution in [0, 0.1) is 11.8 Å². The van der Waals surface area contributed by atoms with E-state index in [1.165, 1.54) is 14.2 Å². The van der Waals surface area contributed by atoms with Crippen LogP contribution >= 0.6 is 0 Å². The van der Waals surface area contributed by atoms with Gasteiger partial charge in [0.2, 0.25) is 11.8 Å². The summed E-state index contributed by atoms with van der Waals surface area (Å²) in [6.45, 7) is 0.386. The number of esters is 2. The molecule has 0 aromatic carbocycles. The van der Waals surface area contributed by atoms with Gasteiger partial charge in [-0.2, -0.15) is 0 Å². The first kappa shape index (κ1) is 18.9. The van der Waals surface area contributed by atoms with Crippen molar-refractivity contribution in [3.8, 4) is 0 Å². The van der Waals surface area contributed by atoms with Crippen molar-refractivity contribution in [3.05, 3.63) is 0 Å². The van der Waals surface area contributed by atoms with Crippen molar-refractivity contribution >= 4 is 23.8 Å². The molecule has 2 amide bonds. The molecule has 1 saturated carbocycles. The average molecular weight is 328 g/mol. The largest absolute Gasteiger partial charge is 0.469 e.